The van der Waals surface area contributed by atoms with Gasteiger partial charge in [-0.25, -0.2) is 4.98 Å². The second-order valence-corrected chi connectivity index (χ2v) is 6.70. The molecular weight excluding hydrogens is 286 g/mol. The third-order valence-electron chi connectivity index (χ3n) is 3.96. The van der Waals surface area contributed by atoms with Crippen molar-refractivity contribution >= 4 is 17.7 Å². The summed E-state index contributed by atoms with van der Waals surface area (Å²) in [5, 5.41) is 0. The lowest BCUT2D eigenvalue weighted by Gasteiger charge is -2.32. The first-order valence-corrected chi connectivity index (χ1v) is 8.57. The van der Waals surface area contributed by atoms with Gasteiger partial charge in [-0.3, -0.25) is 4.79 Å². The fourth-order valence-corrected chi connectivity index (χ4v) is 3.68. The molecule has 2 fully saturated rings. The third kappa shape index (κ3) is 3.49. The lowest BCUT2D eigenvalue weighted by Crippen LogP contribution is -2.47. The molecule has 0 radical (unpaired) electrons. The normalized spacial score (nSPS) is 23.3. The minimum absolute atomic E-state index is 0.0388. The molecule has 1 amide bonds. The molecule has 0 aromatic carbocycles. The smallest absolute Gasteiger partial charge is 0.259 e. The molecule has 3 heterocycles. The van der Waals surface area contributed by atoms with Crippen LogP contribution in [0.2, 0.25) is 0 Å². The average Bonchev–Trinajstić information content (AvgIpc) is 3.01. The predicted molar refractivity (Wildman–Crippen MR) is 84.0 cm³/mol. The van der Waals surface area contributed by atoms with Crippen LogP contribution in [0.3, 0.4) is 0 Å². The largest absolute Gasteiger partial charge is 0.473 e. The first kappa shape index (κ1) is 14.7. The Hall–Kier alpha value is -1.27. The topological polar surface area (TPSA) is 45.7 Å². The van der Waals surface area contributed by atoms with Gasteiger partial charge in [-0.15, -0.1) is 0 Å². The minimum Gasteiger partial charge on any atom is -0.473 e. The molecule has 1 aromatic heterocycles. The predicted octanol–water partition coefficient (Wildman–Crippen LogP) is 1.35. The summed E-state index contributed by atoms with van der Waals surface area (Å²) in [6.07, 6.45) is 2.91. The SMILES string of the molecule is CN1CCN(C(=O)c2cccnc2OC2CCSC2)CC1. The van der Waals surface area contributed by atoms with E-state index >= 15 is 0 Å². The number of thioether (sulfide) groups is 1. The molecule has 1 atom stereocenters. The molecule has 2 aliphatic rings. The summed E-state index contributed by atoms with van der Waals surface area (Å²) < 4.78 is 5.95. The number of carbonyl (C=O) groups is 1. The van der Waals surface area contributed by atoms with Crippen LogP contribution in [-0.4, -0.2) is 71.5 Å². The number of piperazine rings is 1. The van der Waals surface area contributed by atoms with E-state index in [0.717, 1.165) is 44.1 Å². The van der Waals surface area contributed by atoms with Crippen LogP contribution in [0.1, 0.15) is 16.8 Å². The molecule has 0 N–H and O–H groups in total. The summed E-state index contributed by atoms with van der Waals surface area (Å²) in [6.45, 7) is 3.37. The maximum Gasteiger partial charge on any atom is 0.259 e. The van der Waals surface area contributed by atoms with E-state index in [-0.39, 0.29) is 12.0 Å². The van der Waals surface area contributed by atoms with Crippen molar-refractivity contribution in [2.45, 2.75) is 12.5 Å². The zero-order chi connectivity index (χ0) is 14.7. The Kier molecular flexibility index (Phi) is 4.65. The van der Waals surface area contributed by atoms with Gasteiger partial charge in [0.05, 0.1) is 0 Å². The first-order chi connectivity index (χ1) is 10.2. The summed E-state index contributed by atoms with van der Waals surface area (Å²) in [5.41, 5.74) is 0.596. The van der Waals surface area contributed by atoms with Crippen LogP contribution in [0.15, 0.2) is 18.3 Å². The molecular formula is C15H21N3O2S. The van der Waals surface area contributed by atoms with Gasteiger partial charge in [-0.1, -0.05) is 0 Å². The number of ether oxygens (including phenoxy) is 1. The molecule has 1 aromatic rings. The van der Waals surface area contributed by atoms with Crippen molar-refractivity contribution in [3.8, 4) is 5.88 Å². The number of aromatic nitrogens is 1. The highest BCUT2D eigenvalue weighted by Crippen LogP contribution is 2.25. The van der Waals surface area contributed by atoms with Gasteiger partial charge >= 0.3 is 0 Å². The standard InChI is InChI=1S/C15H21N3O2S/c1-17-6-8-18(9-7-17)15(19)13-3-2-5-16-14(13)20-12-4-10-21-11-12/h2-3,5,12H,4,6-11H2,1H3. The Balaban J connectivity index is 1.73. The molecule has 1 unspecified atom stereocenters. The quantitative estimate of drug-likeness (QED) is 0.843. The van der Waals surface area contributed by atoms with Crippen LogP contribution < -0.4 is 4.74 Å². The number of nitrogens with zero attached hydrogens (tertiary/aromatic N) is 3. The number of rotatable bonds is 3. The van der Waals surface area contributed by atoms with E-state index in [1.807, 2.05) is 22.7 Å². The Bertz CT molecular complexity index is 497. The Labute approximate surface area is 129 Å². The third-order valence-corrected chi connectivity index (χ3v) is 5.09. The van der Waals surface area contributed by atoms with E-state index < -0.39 is 0 Å². The van der Waals surface area contributed by atoms with Crippen molar-refractivity contribution < 1.29 is 9.53 Å². The number of hydrogen-bond donors (Lipinski definition) is 0. The summed E-state index contributed by atoms with van der Waals surface area (Å²) >= 11 is 1.89. The van der Waals surface area contributed by atoms with Crippen molar-refractivity contribution in [2.24, 2.45) is 0 Å². The molecule has 0 saturated carbocycles. The molecule has 0 bridgehead atoms. The second-order valence-electron chi connectivity index (χ2n) is 5.56. The van der Waals surface area contributed by atoms with Gasteiger partial charge in [0.2, 0.25) is 5.88 Å². The Morgan fingerprint density at radius 2 is 2.19 bits per heavy atom. The van der Waals surface area contributed by atoms with Crippen LogP contribution in [-0.2, 0) is 0 Å². The van der Waals surface area contributed by atoms with E-state index in [9.17, 15) is 4.79 Å². The molecule has 6 heteroatoms. The van der Waals surface area contributed by atoms with Crippen molar-refractivity contribution in [2.75, 3.05) is 44.7 Å². The van der Waals surface area contributed by atoms with Crippen LogP contribution in [0, 0.1) is 0 Å². The molecule has 114 valence electrons. The molecule has 2 saturated heterocycles. The van der Waals surface area contributed by atoms with Crippen molar-refractivity contribution in [3.63, 3.8) is 0 Å². The van der Waals surface area contributed by atoms with Gasteiger partial charge in [0.25, 0.3) is 5.91 Å². The number of pyridine rings is 1. The summed E-state index contributed by atoms with van der Waals surface area (Å²) in [4.78, 5) is 21.1. The molecule has 21 heavy (non-hydrogen) atoms. The van der Waals surface area contributed by atoms with Crippen molar-refractivity contribution in [3.05, 3.63) is 23.9 Å². The fraction of sp³-hybridized carbons (Fsp3) is 0.600. The van der Waals surface area contributed by atoms with Crippen molar-refractivity contribution in [1.82, 2.24) is 14.8 Å². The Morgan fingerprint density at radius 3 is 2.90 bits per heavy atom. The van der Waals surface area contributed by atoms with E-state index in [1.165, 1.54) is 0 Å². The van der Waals surface area contributed by atoms with E-state index in [1.54, 1.807) is 12.3 Å². The van der Waals surface area contributed by atoms with Gasteiger partial charge in [-0.2, -0.15) is 11.8 Å². The minimum atomic E-state index is 0.0388. The zero-order valence-corrected chi connectivity index (χ0v) is 13.1. The number of carbonyl (C=O) groups excluding carboxylic acids is 1. The average molecular weight is 307 g/mol. The summed E-state index contributed by atoms with van der Waals surface area (Å²) in [6, 6.07) is 3.63. The second kappa shape index (κ2) is 6.66. The highest BCUT2D eigenvalue weighted by Gasteiger charge is 2.25. The van der Waals surface area contributed by atoms with Gasteiger partial charge in [0.15, 0.2) is 0 Å². The molecule has 0 spiro atoms. The highest BCUT2D eigenvalue weighted by atomic mass is 32.2. The molecule has 0 aliphatic carbocycles. The molecule has 5 nitrogen and oxygen atoms in total. The highest BCUT2D eigenvalue weighted by molar-refractivity contribution is 7.99. The van der Waals surface area contributed by atoms with E-state index in [2.05, 4.69) is 16.9 Å². The number of hydrogen-bond acceptors (Lipinski definition) is 5. The van der Waals surface area contributed by atoms with Gasteiger partial charge in [0.1, 0.15) is 11.7 Å². The van der Waals surface area contributed by atoms with Crippen LogP contribution in [0.5, 0.6) is 5.88 Å². The number of amides is 1. The number of likely N-dealkylation sites (N-methyl/N-ethyl adjacent to an activating group) is 1. The summed E-state index contributed by atoms with van der Waals surface area (Å²) in [7, 11) is 2.08. The van der Waals surface area contributed by atoms with Crippen molar-refractivity contribution in [1.29, 1.82) is 0 Å². The van der Waals surface area contributed by atoms with Gasteiger partial charge in [-0.05, 0) is 31.4 Å². The monoisotopic (exact) mass is 307 g/mol. The van der Waals surface area contributed by atoms with Crippen LogP contribution in [0.25, 0.3) is 0 Å². The van der Waals surface area contributed by atoms with Crippen LogP contribution >= 0.6 is 11.8 Å². The van der Waals surface area contributed by atoms with E-state index in [4.69, 9.17) is 4.74 Å². The van der Waals surface area contributed by atoms with Gasteiger partial charge in [0, 0.05) is 38.1 Å². The zero-order valence-electron chi connectivity index (χ0n) is 12.3. The van der Waals surface area contributed by atoms with Crippen LogP contribution in [0.4, 0.5) is 0 Å². The first-order valence-electron chi connectivity index (χ1n) is 7.41. The summed E-state index contributed by atoms with van der Waals surface area (Å²) in [5.74, 6) is 2.64. The maximum atomic E-state index is 12.7. The Morgan fingerprint density at radius 1 is 1.38 bits per heavy atom. The van der Waals surface area contributed by atoms with Gasteiger partial charge < -0.3 is 14.5 Å². The lowest BCUT2D eigenvalue weighted by molar-refractivity contribution is 0.0656. The molecule has 3 rings (SSSR count). The van der Waals surface area contributed by atoms with E-state index in [0.29, 0.717) is 11.4 Å². The lowest BCUT2D eigenvalue weighted by atomic mass is 10.2. The molecule has 2 aliphatic heterocycles. The fourth-order valence-electron chi connectivity index (χ4n) is 2.59. The maximum absolute atomic E-state index is 12.7.